The number of hydrogen-bond donors (Lipinski definition) is 1. The number of likely N-dealkylation sites (tertiary alicyclic amines) is 1. The molecule has 2 atom stereocenters. The second kappa shape index (κ2) is 5.95. The number of ether oxygens (including phenoxy) is 2. The lowest BCUT2D eigenvalue weighted by Crippen LogP contribution is -2.56. The van der Waals surface area contributed by atoms with E-state index in [1.54, 1.807) is 20.8 Å². The largest absolute Gasteiger partial charge is 0.467 e. The molecule has 1 amide bonds. The Kier molecular flexibility index (Phi) is 4.96. The van der Waals surface area contributed by atoms with Gasteiger partial charge in [-0.25, -0.2) is 14.0 Å². The fourth-order valence-corrected chi connectivity index (χ4v) is 2.06. The zero-order valence-electron chi connectivity index (χ0n) is 12.3. The van der Waals surface area contributed by atoms with E-state index >= 15 is 0 Å². The van der Waals surface area contributed by atoms with E-state index in [1.165, 1.54) is 7.11 Å². The maximum atomic E-state index is 14.2. The molecule has 0 aliphatic carbocycles. The number of rotatable bonds is 2. The fraction of sp³-hybridized carbons (Fsp3) is 0.846. The number of esters is 1. The molecule has 1 aliphatic heterocycles. The van der Waals surface area contributed by atoms with Gasteiger partial charge in [0.05, 0.1) is 13.7 Å². The smallest absolute Gasteiger partial charge is 0.411 e. The number of halogens is 1. The molecule has 0 spiro atoms. The molecule has 0 radical (unpaired) electrons. The molecule has 0 unspecified atom stereocenters. The summed E-state index contributed by atoms with van der Waals surface area (Å²) in [6.07, 6.45) is -1.03. The Morgan fingerprint density at radius 1 is 1.45 bits per heavy atom. The number of aliphatic hydroxyl groups excluding tert-OH is 1. The Balaban J connectivity index is 2.89. The maximum Gasteiger partial charge on any atom is 0.411 e. The molecular formula is C13H22FNO5. The molecule has 1 N–H and O–H groups in total. The third-order valence-electron chi connectivity index (χ3n) is 3.12. The van der Waals surface area contributed by atoms with E-state index < -0.39 is 36.0 Å². The number of piperidine rings is 1. The first-order valence-electron chi connectivity index (χ1n) is 6.49. The molecule has 0 aromatic carbocycles. The van der Waals surface area contributed by atoms with E-state index in [4.69, 9.17) is 9.84 Å². The highest BCUT2D eigenvalue weighted by atomic mass is 19.1. The van der Waals surface area contributed by atoms with Crippen LogP contribution < -0.4 is 0 Å². The summed E-state index contributed by atoms with van der Waals surface area (Å²) >= 11 is 0. The summed E-state index contributed by atoms with van der Waals surface area (Å²) < 4.78 is 24.0. The SMILES string of the molecule is COC(=O)[C@H]1C[C@](F)(CO)CCN1C(=O)OC(C)(C)C. The van der Waals surface area contributed by atoms with E-state index in [-0.39, 0.29) is 19.4 Å². The molecule has 1 saturated heterocycles. The molecule has 0 saturated carbocycles. The van der Waals surface area contributed by atoms with Gasteiger partial charge in [0.25, 0.3) is 0 Å². The van der Waals surface area contributed by atoms with Crippen LogP contribution in [0, 0.1) is 0 Å². The second-order valence-electron chi connectivity index (χ2n) is 5.98. The maximum absolute atomic E-state index is 14.2. The monoisotopic (exact) mass is 291 g/mol. The van der Waals surface area contributed by atoms with Gasteiger partial charge in [-0.3, -0.25) is 4.90 Å². The van der Waals surface area contributed by atoms with Crippen LogP contribution in [0.2, 0.25) is 0 Å². The predicted octanol–water partition coefficient (Wildman–Crippen LogP) is 1.26. The van der Waals surface area contributed by atoms with Crippen LogP contribution in [0.4, 0.5) is 9.18 Å². The van der Waals surface area contributed by atoms with Gasteiger partial charge < -0.3 is 14.6 Å². The quantitative estimate of drug-likeness (QED) is 0.775. The minimum Gasteiger partial charge on any atom is -0.467 e. The number of nitrogens with zero attached hydrogens (tertiary/aromatic N) is 1. The van der Waals surface area contributed by atoms with Crippen LogP contribution in [-0.4, -0.2) is 59.6 Å². The van der Waals surface area contributed by atoms with E-state index in [1.807, 2.05) is 0 Å². The molecule has 1 rings (SSSR count). The standard InChI is InChI=1S/C13H22FNO5/c1-12(2,3)20-11(18)15-6-5-13(14,8-16)7-9(15)10(17)19-4/h9,16H,5-8H2,1-4H3/t9-,13+/m1/s1. The lowest BCUT2D eigenvalue weighted by molar-refractivity contribution is -0.151. The minimum atomic E-state index is -1.88. The van der Waals surface area contributed by atoms with E-state index in [2.05, 4.69) is 4.74 Å². The van der Waals surface area contributed by atoms with Crippen LogP contribution in [0.5, 0.6) is 0 Å². The van der Waals surface area contributed by atoms with E-state index in [0.717, 1.165) is 4.90 Å². The van der Waals surface area contributed by atoms with Gasteiger partial charge in [0.15, 0.2) is 0 Å². The van der Waals surface area contributed by atoms with Crippen molar-refractivity contribution in [3.63, 3.8) is 0 Å². The number of carbonyl (C=O) groups excluding carboxylic acids is 2. The molecule has 1 heterocycles. The highest BCUT2D eigenvalue weighted by molar-refractivity contribution is 5.82. The Morgan fingerprint density at radius 3 is 2.50 bits per heavy atom. The zero-order chi connectivity index (χ0) is 15.6. The average Bonchev–Trinajstić information content (AvgIpc) is 2.35. The summed E-state index contributed by atoms with van der Waals surface area (Å²) in [6.45, 7) is 4.41. The minimum absolute atomic E-state index is 0.00819. The molecule has 0 bridgehead atoms. The molecule has 6 nitrogen and oxygen atoms in total. The summed E-state index contributed by atoms with van der Waals surface area (Å²) in [4.78, 5) is 24.9. The van der Waals surface area contributed by atoms with Gasteiger partial charge in [-0.15, -0.1) is 0 Å². The number of amides is 1. The molecule has 1 fully saturated rings. The van der Waals surface area contributed by atoms with Crippen molar-refractivity contribution in [2.24, 2.45) is 0 Å². The van der Waals surface area contributed by atoms with Gasteiger partial charge >= 0.3 is 12.1 Å². The molecule has 116 valence electrons. The van der Waals surface area contributed by atoms with Gasteiger partial charge in [-0.2, -0.15) is 0 Å². The first kappa shape index (κ1) is 16.7. The van der Waals surface area contributed by atoms with Gasteiger partial charge in [0.1, 0.15) is 17.3 Å². The molecule has 7 heteroatoms. The number of methoxy groups -OCH3 is 1. The number of hydrogen-bond acceptors (Lipinski definition) is 5. The Hall–Kier alpha value is -1.37. The van der Waals surface area contributed by atoms with Crippen molar-refractivity contribution < 1.29 is 28.6 Å². The first-order valence-corrected chi connectivity index (χ1v) is 6.49. The lowest BCUT2D eigenvalue weighted by Gasteiger charge is -2.40. The zero-order valence-corrected chi connectivity index (χ0v) is 12.3. The summed E-state index contributed by atoms with van der Waals surface area (Å²) in [7, 11) is 1.17. The van der Waals surface area contributed by atoms with Gasteiger partial charge in [0.2, 0.25) is 0 Å². The van der Waals surface area contributed by atoms with Crippen LogP contribution in [0.1, 0.15) is 33.6 Å². The lowest BCUT2D eigenvalue weighted by atomic mass is 9.89. The molecule has 20 heavy (non-hydrogen) atoms. The molecule has 0 aromatic heterocycles. The van der Waals surface area contributed by atoms with Gasteiger partial charge in [-0.05, 0) is 20.8 Å². The number of alkyl halides is 1. The van der Waals surface area contributed by atoms with Crippen molar-refractivity contribution in [1.29, 1.82) is 0 Å². The average molecular weight is 291 g/mol. The molecule has 1 aliphatic rings. The van der Waals surface area contributed by atoms with E-state index in [9.17, 15) is 14.0 Å². The Morgan fingerprint density at radius 2 is 2.05 bits per heavy atom. The second-order valence-corrected chi connectivity index (χ2v) is 5.98. The normalized spacial score (nSPS) is 27.1. The van der Waals surface area contributed by atoms with Crippen molar-refractivity contribution >= 4 is 12.1 Å². The number of carbonyl (C=O) groups is 2. The highest BCUT2D eigenvalue weighted by Crippen LogP contribution is 2.31. The fourth-order valence-electron chi connectivity index (χ4n) is 2.06. The van der Waals surface area contributed by atoms with Crippen molar-refractivity contribution in [1.82, 2.24) is 4.90 Å². The predicted molar refractivity (Wildman–Crippen MR) is 68.9 cm³/mol. The van der Waals surface area contributed by atoms with Crippen molar-refractivity contribution in [2.75, 3.05) is 20.3 Å². The van der Waals surface area contributed by atoms with Crippen molar-refractivity contribution in [2.45, 2.75) is 50.9 Å². The summed E-state index contributed by atoms with van der Waals surface area (Å²) in [6, 6.07) is -1.08. The molecular weight excluding hydrogens is 269 g/mol. The Bertz CT molecular complexity index is 381. The third kappa shape index (κ3) is 4.06. The van der Waals surface area contributed by atoms with E-state index in [0.29, 0.717) is 0 Å². The topological polar surface area (TPSA) is 76.1 Å². The van der Waals surface area contributed by atoms with Crippen LogP contribution in [0.25, 0.3) is 0 Å². The Labute approximate surface area is 117 Å². The summed E-state index contributed by atoms with van der Waals surface area (Å²) in [5.41, 5.74) is -2.59. The number of aliphatic hydroxyl groups is 1. The first-order chi connectivity index (χ1) is 9.12. The van der Waals surface area contributed by atoms with Gasteiger partial charge in [-0.1, -0.05) is 0 Å². The highest BCUT2D eigenvalue weighted by Gasteiger charge is 2.46. The van der Waals surface area contributed by atoms with Crippen molar-refractivity contribution in [3.05, 3.63) is 0 Å². The van der Waals surface area contributed by atoms with Crippen LogP contribution in [-0.2, 0) is 14.3 Å². The van der Waals surface area contributed by atoms with Gasteiger partial charge in [0, 0.05) is 19.4 Å². The third-order valence-corrected chi connectivity index (χ3v) is 3.12. The van der Waals surface area contributed by atoms with Crippen LogP contribution in [0.3, 0.4) is 0 Å². The molecule has 0 aromatic rings. The summed E-state index contributed by atoms with van der Waals surface area (Å²) in [5, 5.41) is 9.07. The summed E-state index contributed by atoms with van der Waals surface area (Å²) in [5.74, 6) is -0.717. The van der Waals surface area contributed by atoms with Crippen LogP contribution >= 0.6 is 0 Å². The van der Waals surface area contributed by atoms with Crippen molar-refractivity contribution in [3.8, 4) is 0 Å². The van der Waals surface area contributed by atoms with Crippen LogP contribution in [0.15, 0.2) is 0 Å².